The van der Waals surface area contributed by atoms with E-state index in [0.29, 0.717) is 17.9 Å². The minimum absolute atomic E-state index is 0.0613. The summed E-state index contributed by atoms with van der Waals surface area (Å²) in [6.45, 7) is 11.5. The molecule has 208 valence electrons. The molecule has 1 saturated carbocycles. The van der Waals surface area contributed by atoms with E-state index in [4.69, 9.17) is 9.73 Å². The Morgan fingerprint density at radius 3 is 2.47 bits per heavy atom. The van der Waals surface area contributed by atoms with Gasteiger partial charge < -0.3 is 9.64 Å². The number of carbonyl (C=O) groups is 2. The summed E-state index contributed by atoms with van der Waals surface area (Å²) in [5.74, 6) is -0.285. The molecule has 1 aromatic rings. The number of benzene rings is 1. The molecule has 2 amide bonds. The van der Waals surface area contributed by atoms with Crippen LogP contribution < -0.4 is 5.32 Å². The molecule has 0 bridgehead atoms. The number of hydrogen-bond donors (Lipinski definition) is 1. The highest BCUT2D eigenvalue weighted by molar-refractivity contribution is 8.05. The Hall–Kier alpha value is -2.94. The summed E-state index contributed by atoms with van der Waals surface area (Å²) in [6, 6.07) is 7.57. The topological polar surface area (TPSA) is 105 Å². The quantitative estimate of drug-likeness (QED) is 0.351. The number of aliphatic imine (C=N–C) groups is 1. The highest BCUT2D eigenvalue weighted by Crippen LogP contribution is 2.39. The second kappa shape index (κ2) is 11.8. The Balaban J connectivity index is 2.15. The number of allylic oxidation sites excluding steroid dienone is 2. The number of rotatable bonds is 6. The van der Waals surface area contributed by atoms with E-state index in [0.717, 1.165) is 36.0 Å². The van der Waals surface area contributed by atoms with Crippen molar-refractivity contribution in [3.8, 4) is 0 Å². The summed E-state index contributed by atoms with van der Waals surface area (Å²) >= 11 is 0. The third-order valence-corrected chi connectivity index (χ3v) is 7.82. The van der Waals surface area contributed by atoms with Crippen molar-refractivity contribution in [2.45, 2.75) is 91.2 Å². The number of anilines is 1. The van der Waals surface area contributed by atoms with Crippen molar-refractivity contribution >= 4 is 32.6 Å². The molecule has 1 N–H and O–H groups in total. The predicted octanol–water partition coefficient (Wildman–Crippen LogP) is 5.98. The van der Waals surface area contributed by atoms with E-state index in [1.807, 2.05) is 43.0 Å². The molecule has 9 heteroatoms. The van der Waals surface area contributed by atoms with Gasteiger partial charge in [0, 0.05) is 36.9 Å². The monoisotopic (exact) mass is 543 g/mol. The average molecular weight is 544 g/mol. The number of hydrogen-bond acceptors (Lipinski definition) is 6. The first-order valence-electron chi connectivity index (χ1n) is 13.3. The van der Waals surface area contributed by atoms with E-state index in [1.165, 1.54) is 6.26 Å². The molecule has 1 aliphatic carbocycles. The molecule has 1 fully saturated rings. The van der Waals surface area contributed by atoms with Gasteiger partial charge in [-0.2, -0.15) is 0 Å². The summed E-state index contributed by atoms with van der Waals surface area (Å²) in [5, 5.41) is 2.90. The molecular weight excluding hydrogens is 502 g/mol. The SMILES string of the molecule is CC/C=C1/CN(C2CC2)C(=O)CC(c2cccc(NC(=O)OC(C)(C)C)c2)C(C)=C1N=C(CC)S(C)(=O)=O. The van der Waals surface area contributed by atoms with Crippen molar-refractivity contribution in [1.82, 2.24) is 4.90 Å². The third kappa shape index (κ3) is 7.79. The number of ether oxygens (including phenoxy) is 1. The Kier molecular flexibility index (Phi) is 9.23. The zero-order valence-corrected chi connectivity index (χ0v) is 24.4. The molecule has 38 heavy (non-hydrogen) atoms. The maximum absolute atomic E-state index is 13.5. The summed E-state index contributed by atoms with van der Waals surface area (Å²) in [7, 11) is -3.50. The fraction of sp³-hybridized carbons (Fsp3) is 0.552. The Morgan fingerprint density at radius 1 is 1.24 bits per heavy atom. The molecule has 0 aromatic heterocycles. The highest BCUT2D eigenvalue weighted by Gasteiger charge is 2.37. The standard InChI is InChI=1S/C29H41N3O5S/c1-8-11-21-18-32(23-14-15-23)26(33)17-24(19(3)27(21)31-25(9-2)38(7,35)36)20-12-10-13-22(16-20)30-28(34)37-29(4,5)6/h10-13,16,23-24H,8-9,14-15,17-18H2,1-7H3,(H,30,34)/b21-11-,27-19?,31-25?. The number of nitrogens with zero attached hydrogens (tertiary/aromatic N) is 2. The van der Waals surface area contributed by atoms with Crippen LogP contribution >= 0.6 is 0 Å². The van der Waals surface area contributed by atoms with Gasteiger partial charge in [-0.25, -0.2) is 18.2 Å². The van der Waals surface area contributed by atoms with E-state index < -0.39 is 21.5 Å². The van der Waals surface area contributed by atoms with Crippen molar-refractivity contribution in [2.75, 3.05) is 18.1 Å². The lowest BCUT2D eigenvalue weighted by Crippen LogP contribution is -2.37. The first-order chi connectivity index (χ1) is 17.7. The van der Waals surface area contributed by atoms with Gasteiger partial charge in [-0.3, -0.25) is 10.1 Å². The molecule has 0 saturated heterocycles. The zero-order chi connectivity index (χ0) is 28.3. The highest BCUT2D eigenvalue weighted by atomic mass is 32.2. The maximum atomic E-state index is 13.5. The van der Waals surface area contributed by atoms with Crippen LogP contribution in [0.25, 0.3) is 0 Å². The minimum atomic E-state index is -3.50. The number of amides is 2. The van der Waals surface area contributed by atoms with E-state index in [-0.39, 0.29) is 35.8 Å². The van der Waals surface area contributed by atoms with Gasteiger partial charge in [0.25, 0.3) is 0 Å². The zero-order valence-electron chi connectivity index (χ0n) is 23.6. The van der Waals surface area contributed by atoms with Crippen molar-refractivity contribution < 1.29 is 22.7 Å². The largest absolute Gasteiger partial charge is 0.444 e. The van der Waals surface area contributed by atoms with Crippen molar-refractivity contribution in [1.29, 1.82) is 0 Å². The molecule has 8 nitrogen and oxygen atoms in total. The van der Waals surface area contributed by atoms with Gasteiger partial charge >= 0.3 is 6.09 Å². The van der Waals surface area contributed by atoms with E-state index in [2.05, 4.69) is 5.32 Å². The van der Waals surface area contributed by atoms with Gasteiger partial charge in [-0.05, 0) is 82.2 Å². The van der Waals surface area contributed by atoms with Crippen LogP contribution in [0.1, 0.15) is 85.1 Å². The molecule has 1 aromatic carbocycles. The van der Waals surface area contributed by atoms with Crippen LogP contribution in [0.2, 0.25) is 0 Å². The van der Waals surface area contributed by atoms with E-state index in [1.54, 1.807) is 33.8 Å². The lowest BCUT2D eigenvalue weighted by molar-refractivity contribution is -0.131. The Morgan fingerprint density at radius 2 is 1.92 bits per heavy atom. The van der Waals surface area contributed by atoms with Crippen molar-refractivity contribution in [2.24, 2.45) is 4.99 Å². The number of sulfone groups is 1. The van der Waals surface area contributed by atoms with Gasteiger partial charge in [-0.15, -0.1) is 0 Å². The summed E-state index contributed by atoms with van der Waals surface area (Å²) < 4.78 is 30.4. The van der Waals surface area contributed by atoms with Gasteiger partial charge in [0.2, 0.25) is 5.91 Å². The molecule has 0 spiro atoms. The van der Waals surface area contributed by atoms with Crippen molar-refractivity contribution in [3.63, 3.8) is 0 Å². The van der Waals surface area contributed by atoms with Gasteiger partial charge in [0.1, 0.15) is 10.6 Å². The van der Waals surface area contributed by atoms with Gasteiger partial charge in [-0.1, -0.05) is 32.1 Å². The van der Waals surface area contributed by atoms with Crippen LogP contribution in [0.3, 0.4) is 0 Å². The van der Waals surface area contributed by atoms with Gasteiger partial charge in [0.15, 0.2) is 9.84 Å². The van der Waals surface area contributed by atoms with Crippen LogP contribution in [-0.4, -0.2) is 54.8 Å². The Labute approximate surface area is 227 Å². The second-order valence-corrected chi connectivity index (χ2v) is 13.1. The van der Waals surface area contributed by atoms with E-state index in [9.17, 15) is 18.0 Å². The molecule has 0 radical (unpaired) electrons. The molecule has 1 heterocycles. The average Bonchev–Trinajstić information content (AvgIpc) is 3.63. The second-order valence-electron chi connectivity index (χ2n) is 11.1. The van der Waals surface area contributed by atoms with Crippen LogP contribution in [0.15, 0.2) is 52.2 Å². The molecule has 3 rings (SSSR count). The van der Waals surface area contributed by atoms with Crippen molar-refractivity contribution in [3.05, 3.63) is 52.7 Å². The molecule has 1 unspecified atom stereocenters. The lowest BCUT2D eigenvalue weighted by Gasteiger charge is -2.32. The molecule has 2 aliphatic rings. The predicted molar refractivity (Wildman–Crippen MR) is 152 cm³/mol. The molecule has 1 atom stereocenters. The maximum Gasteiger partial charge on any atom is 0.412 e. The normalized spacial score (nSPS) is 20.9. The number of carbonyl (C=O) groups excluding carboxylic acids is 2. The molecule has 1 aliphatic heterocycles. The summed E-state index contributed by atoms with van der Waals surface area (Å²) in [5.41, 5.74) is 3.08. The van der Waals surface area contributed by atoms with Crippen LogP contribution in [0.4, 0.5) is 10.5 Å². The third-order valence-electron chi connectivity index (χ3n) is 6.58. The minimum Gasteiger partial charge on any atom is -0.444 e. The summed E-state index contributed by atoms with van der Waals surface area (Å²) in [4.78, 5) is 32.6. The van der Waals surface area contributed by atoms with Crippen LogP contribution in [-0.2, 0) is 19.4 Å². The van der Waals surface area contributed by atoms with Gasteiger partial charge in [0.05, 0.1) is 5.70 Å². The van der Waals surface area contributed by atoms with Crippen LogP contribution in [0.5, 0.6) is 0 Å². The lowest BCUT2D eigenvalue weighted by atomic mass is 9.84. The summed E-state index contributed by atoms with van der Waals surface area (Å²) in [6.07, 6.45) is 5.84. The Bertz CT molecular complexity index is 1270. The smallest absolute Gasteiger partial charge is 0.412 e. The first kappa shape index (κ1) is 29.6. The first-order valence-corrected chi connectivity index (χ1v) is 15.2. The van der Waals surface area contributed by atoms with Crippen LogP contribution in [0, 0.1) is 0 Å². The fourth-order valence-electron chi connectivity index (χ4n) is 4.67. The number of nitrogens with one attached hydrogen (secondary N) is 1. The fourth-order valence-corrected chi connectivity index (χ4v) is 5.45. The van der Waals surface area contributed by atoms with E-state index >= 15 is 0 Å². The molecular formula is C29H41N3O5S.